The molecular weight excluding hydrogens is 481 g/mol. The van der Waals surface area contributed by atoms with Gasteiger partial charge in [-0.05, 0) is 31.2 Å². The molecule has 2 N–H and O–H groups in total. The van der Waals surface area contributed by atoms with E-state index in [4.69, 9.17) is 20.5 Å². The molecule has 0 atom stereocenters. The zero-order valence-corrected chi connectivity index (χ0v) is 17.9. The normalized spacial score (nSPS) is 11.1. The van der Waals surface area contributed by atoms with Crippen LogP contribution in [0.25, 0.3) is 11.4 Å². The Hall–Kier alpha value is -2.07. The summed E-state index contributed by atoms with van der Waals surface area (Å²) >= 11 is 5.99. The number of furan rings is 1. The highest BCUT2D eigenvalue weighted by Gasteiger charge is 2.09. The number of benzene rings is 1. The lowest BCUT2D eigenvalue weighted by molar-refractivity contribution is 0.380. The predicted molar refractivity (Wildman–Crippen MR) is 115 cm³/mol. The van der Waals surface area contributed by atoms with Crippen molar-refractivity contribution in [2.24, 2.45) is 4.99 Å². The quantitative estimate of drug-likeness (QED) is 0.290. The summed E-state index contributed by atoms with van der Waals surface area (Å²) in [6.07, 6.45) is 2.44. The average Bonchev–Trinajstić information content (AvgIpc) is 3.31. The first-order valence-electron chi connectivity index (χ1n) is 8.37. The first-order chi connectivity index (χ1) is 12.7. The fourth-order valence-electron chi connectivity index (χ4n) is 2.31. The molecule has 0 radical (unpaired) electrons. The molecule has 0 spiro atoms. The number of nitrogens with one attached hydrogen (secondary N) is 2. The van der Waals surface area contributed by atoms with Crippen molar-refractivity contribution in [1.82, 2.24) is 20.8 Å². The van der Waals surface area contributed by atoms with E-state index in [0.29, 0.717) is 29.2 Å². The van der Waals surface area contributed by atoms with Crippen molar-refractivity contribution in [2.45, 2.75) is 19.9 Å². The molecule has 2 heterocycles. The number of rotatable bonds is 7. The Morgan fingerprint density at radius 1 is 1.22 bits per heavy atom. The molecule has 7 nitrogen and oxygen atoms in total. The van der Waals surface area contributed by atoms with E-state index in [9.17, 15) is 0 Å². The minimum atomic E-state index is 0. The Kier molecular flexibility index (Phi) is 8.59. The molecule has 144 valence electrons. The fourth-order valence-corrected chi connectivity index (χ4v) is 2.50. The highest BCUT2D eigenvalue weighted by Crippen LogP contribution is 2.20. The van der Waals surface area contributed by atoms with Gasteiger partial charge in [0.2, 0.25) is 11.7 Å². The molecule has 2 aromatic heterocycles. The van der Waals surface area contributed by atoms with Crippen LogP contribution < -0.4 is 10.6 Å². The van der Waals surface area contributed by atoms with Gasteiger partial charge in [0.05, 0.1) is 6.26 Å². The summed E-state index contributed by atoms with van der Waals surface area (Å²) in [5.41, 5.74) is 0.806. The summed E-state index contributed by atoms with van der Waals surface area (Å²) in [5.74, 6) is 2.54. The summed E-state index contributed by atoms with van der Waals surface area (Å²) < 4.78 is 10.6. The minimum absolute atomic E-state index is 0. The third-order valence-corrected chi connectivity index (χ3v) is 3.75. The van der Waals surface area contributed by atoms with Gasteiger partial charge in [0.15, 0.2) is 5.96 Å². The molecule has 0 bridgehead atoms. The van der Waals surface area contributed by atoms with Gasteiger partial charge in [-0.3, -0.25) is 0 Å². The number of hydrogen-bond donors (Lipinski definition) is 2. The summed E-state index contributed by atoms with van der Waals surface area (Å²) in [5, 5.41) is 11.0. The van der Waals surface area contributed by atoms with Gasteiger partial charge in [0.25, 0.3) is 0 Å². The first-order valence-corrected chi connectivity index (χ1v) is 8.75. The molecule has 0 aliphatic rings. The van der Waals surface area contributed by atoms with E-state index >= 15 is 0 Å². The van der Waals surface area contributed by atoms with E-state index in [1.54, 1.807) is 18.4 Å². The average molecular weight is 502 g/mol. The lowest BCUT2D eigenvalue weighted by Crippen LogP contribution is -2.38. The molecule has 0 saturated carbocycles. The minimum Gasteiger partial charge on any atom is -0.469 e. The van der Waals surface area contributed by atoms with Crippen LogP contribution in [0.1, 0.15) is 18.6 Å². The van der Waals surface area contributed by atoms with Crippen molar-refractivity contribution in [3.05, 3.63) is 59.3 Å². The topological polar surface area (TPSA) is 88.5 Å². The zero-order chi connectivity index (χ0) is 18.2. The number of halogens is 2. The Morgan fingerprint density at radius 3 is 2.85 bits per heavy atom. The van der Waals surface area contributed by atoms with E-state index in [0.717, 1.165) is 24.3 Å². The molecule has 1 aromatic carbocycles. The number of aliphatic imine (C=N–C) groups is 1. The largest absolute Gasteiger partial charge is 0.469 e. The molecule has 0 saturated heterocycles. The Labute approximate surface area is 179 Å². The van der Waals surface area contributed by atoms with E-state index in [2.05, 4.69) is 25.8 Å². The summed E-state index contributed by atoms with van der Waals surface area (Å²) in [6, 6.07) is 11.1. The van der Waals surface area contributed by atoms with Gasteiger partial charge in [-0.25, -0.2) is 4.99 Å². The van der Waals surface area contributed by atoms with Gasteiger partial charge in [-0.2, -0.15) is 4.98 Å². The van der Waals surface area contributed by atoms with E-state index in [-0.39, 0.29) is 30.5 Å². The van der Waals surface area contributed by atoms with Crippen LogP contribution in [0.5, 0.6) is 0 Å². The van der Waals surface area contributed by atoms with Crippen molar-refractivity contribution < 1.29 is 8.94 Å². The molecule has 0 amide bonds. The standard InChI is InChI=1S/C18H20ClN5O2.HI/c1-2-20-18(21-9-8-15-7-4-10-25-15)22-12-16-23-17(24-26-16)13-5-3-6-14(19)11-13;/h3-7,10-11H,2,8-9,12H2,1H3,(H2,20,21,22);1H. The van der Waals surface area contributed by atoms with Gasteiger partial charge >= 0.3 is 0 Å². The van der Waals surface area contributed by atoms with Gasteiger partial charge in [0.1, 0.15) is 12.3 Å². The van der Waals surface area contributed by atoms with Crippen LogP contribution in [0, 0.1) is 0 Å². The molecule has 0 aliphatic heterocycles. The highest BCUT2D eigenvalue weighted by molar-refractivity contribution is 14.0. The van der Waals surface area contributed by atoms with Gasteiger partial charge in [-0.1, -0.05) is 28.9 Å². The zero-order valence-electron chi connectivity index (χ0n) is 14.8. The van der Waals surface area contributed by atoms with Crippen LogP contribution in [0.15, 0.2) is 56.6 Å². The molecule has 0 unspecified atom stereocenters. The number of aromatic nitrogens is 2. The van der Waals surface area contributed by atoms with Crippen LogP contribution in [-0.2, 0) is 13.0 Å². The van der Waals surface area contributed by atoms with Gasteiger partial charge < -0.3 is 19.6 Å². The fraction of sp³-hybridized carbons (Fsp3) is 0.278. The van der Waals surface area contributed by atoms with Crippen molar-refractivity contribution in [1.29, 1.82) is 0 Å². The van der Waals surface area contributed by atoms with E-state index in [1.165, 1.54) is 0 Å². The lowest BCUT2D eigenvalue weighted by atomic mass is 10.2. The maximum Gasteiger partial charge on any atom is 0.248 e. The lowest BCUT2D eigenvalue weighted by Gasteiger charge is -2.09. The van der Waals surface area contributed by atoms with Crippen LogP contribution >= 0.6 is 35.6 Å². The number of nitrogens with zero attached hydrogens (tertiary/aromatic N) is 3. The third-order valence-electron chi connectivity index (χ3n) is 3.51. The second kappa shape index (κ2) is 10.9. The Balaban J connectivity index is 0.00000261. The molecule has 0 aliphatic carbocycles. The summed E-state index contributed by atoms with van der Waals surface area (Å²) in [6.45, 7) is 3.75. The van der Waals surface area contributed by atoms with Crippen molar-refractivity contribution in [2.75, 3.05) is 13.1 Å². The number of guanidine groups is 1. The monoisotopic (exact) mass is 501 g/mol. The molecule has 3 aromatic rings. The second-order valence-electron chi connectivity index (χ2n) is 5.47. The van der Waals surface area contributed by atoms with E-state index in [1.807, 2.05) is 31.2 Å². The maximum atomic E-state index is 5.99. The van der Waals surface area contributed by atoms with Crippen molar-refractivity contribution in [3.8, 4) is 11.4 Å². The molecule has 27 heavy (non-hydrogen) atoms. The van der Waals surface area contributed by atoms with Crippen LogP contribution in [0.2, 0.25) is 5.02 Å². The highest BCUT2D eigenvalue weighted by atomic mass is 127. The predicted octanol–water partition coefficient (Wildman–Crippen LogP) is 3.90. The first kappa shape index (κ1) is 21.2. The van der Waals surface area contributed by atoms with Gasteiger partial charge in [-0.15, -0.1) is 24.0 Å². The smallest absolute Gasteiger partial charge is 0.248 e. The number of hydrogen-bond acceptors (Lipinski definition) is 5. The van der Waals surface area contributed by atoms with Crippen LogP contribution in [-0.4, -0.2) is 29.2 Å². The molecule has 0 fully saturated rings. The molecule has 3 rings (SSSR count). The SMILES string of the molecule is CCNC(=NCc1nc(-c2cccc(Cl)c2)no1)NCCc1ccco1.I. The van der Waals surface area contributed by atoms with E-state index < -0.39 is 0 Å². The molecule has 9 heteroatoms. The van der Waals surface area contributed by atoms with Crippen LogP contribution in [0.4, 0.5) is 0 Å². The summed E-state index contributed by atoms with van der Waals surface area (Å²) in [4.78, 5) is 8.83. The molecular formula is C18H21ClIN5O2. The second-order valence-corrected chi connectivity index (χ2v) is 5.91. The van der Waals surface area contributed by atoms with Crippen molar-refractivity contribution in [3.63, 3.8) is 0 Å². The third kappa shape index (κ3) is 6.55. The van der Waals surface area contributed by atoms with Crippen LogP contribution in [0.3, 0.4) is 0 Å². The Morgan fingerprint density at radius 2 is 2.11 bits per heavy atom. The Bertz CT molecular complexity index is 851. The maximum absolute atomic E-state index is 5.99. The van der Waals surface area contributed by atoms with Gasteiger partial charge in [0, 0.05) is 30.1 Å². The van der Waals surface area contributed by atoms with Crippen molar-refractivity contribution >= 4 is 41.5 Å². The summed E-state index contributed by atoms with van der Waals surface area (Å²) in [7, 11) is 0.